The Bertz CT molecular complexity index is 484. The first-order valence-electron chi connectivity index (χ1n) is 5.98. The van der Waals surface area contributed by atoms with Crippen LogP contribution in [-0.4, -0.2) is 24.1 Å². The van der Waals surface area contributed by atoms with Crippen molar-refractivity contribution in [2.24, 2.45) is 0 Å². The highest BCUT2D eigenvalue weighted by atomic mass is 16.6. The van der Waals surface area contributed by atoms with E-state index in [9.17, 15) is 10.1 Å². The van der Waals surface area contributed by atoms with Crippen LogP contribution in [0.5, 0.6) is 5.75 Å². The Kier molecular flexibility index (Phi) is 5.27. The molecule has 0 aliphatic carbocycles. The van der Waals surface area contributed by atoms with Gasteiger partial charge >= 0.3 is 0 Å². The second-order valence-electron chi connectivity index (χ2n) is 4.40. The zero-order valence-electron chi connectivity index (χ0n) is 11.0. The van der Waals surface area contributed by atoms with Gasteiger partial charge in [-0.2, -0.15) is 5.26 Å². The average molecular weight is 263 g/mol. The van der Waals surface area contributed by atoms with Crippen molar-refractivity contribution < 1.29 is 9.66 Å². The van der Waals surface area contributed by atoms with Crippen LogP contribution < -0.4 is 10.1 Å². The number of ether oxygens (including phenoxy) is 1. The van der Waals surface area contributed by atoms with Crippen LogP contribution in [0.25, 0.3) is 0 Å². The molecule has 0 saturated heterocycles. The molecule has 19 heavy (non-hydrogen) atoms. The zero-order chi connectivity index (χ0) is 14.3. The number of rotatable bonds is 7. The fraction of sp³-hybridized carbons (Fsp3) is 0.462. The van der Waals surface area contributed by atoms with E-state index in [-0.39, 0.29) is 5.69 Å². The van der Waals surface area contributed by atoms with Crippen molar-refractivity contribution in [3.63, 3.8) is 0 Å². The largest absolute Gasteiger partial charge is 0.493 e. The monoisotopic (exact) mass is 263 g/mol. The number of nitriles is 1. The van der Waals surface area contributed by atoms with Gasteiger partial charge in [-0.25, -0.2) is 0 Å². The summed E-state index contributed by atoms with van der Waals surface area (Å²) < 4.78 is 5.44. The van der Waals surface area contributed by atoms with E-state index in [1.54, 1.807) is 19.2 Å². The van der Waals surface area contributed by atoms with Crippen LogP contribution >= 0.6 is 0 Å². The zero-order valence-corrected chi connectivity index (χ0v) is 11.0. The highest BCUT2D eigenvalue weighted by molar-refractivity contribution is 5.37. The molecule has 0 aliphatic heterocycles. The molecule has 1 atom stereocenters. The van der Waals surface area contributed by atoms with E-state index in [4.69, 9.17) is 10.00 Å². The fourth-order valence-corrected chi connectivity index (χ4v) is 1.54. The van der Waals surface area contributed by atoms with E-state index in [1.165, 1.54) is 12.1 Å². The van der Waals surface area contributed by atoms with Crippen LogP contribution in [0.1, 0.15) is 19.8 Å². The molecule has 0 bridgehead atoms. The lowest BCUT2D eigenvalue weighted by molar-refractivity contribution is -0.384. The number of benzene rings is 1. The van der Waals surface area contributed by atoms with Crippen molar-refractivity contribution in [1.82, 2.24) is 5.32 Å². The SMILES string of the molecule is CNC(C)(C#N)CCCOc1cccc([N+](=O)[O-])c1. The summed E-state index contributed by atoms with van der Waals surface area (Å²) in [7, 11) is 1.74. The Labute approximate surface area is 112 Å². The number of hydrogen-bond donors (Lipinski definition) is 1. The molecule has 0 saturated carbocycles. The second kappa shape index (κ2) is 6.71. The maximum atomic E-state index is 10.6. The maximum Gasteiger partial charge on any atom is 0.273 e. The quantitative estimate of drug-likeness (QED) is 0.463. The van der Waals surface area contributed by atoms with Gasteiger partial charge in [-0.1, -0.05) is 6.07 Å². The molecule has 1 unspecified atom stereocenters. The van der Waals surface area contributed by atoms with Gasteiger partial charge in [0.25, 0.3) is 5.69 Å². The molecule has 102 valence electrons. The molecule has 1 aromatic carbocycles. The smallest absolute Gasteiger partial charge is 0.273 e. The number of nitro benzene ring substituents is 1. The number of nitrogens with zero attached hydrogens (tertiary/aromatic N) is 2. The fourth-order valence-electron chi connectivity index (χ4n) is 1.54. The van der Waals surface area contributed by atoms with Crippen LogP contribution in [0.2, 0.25) is 0 Å². The molecule has 1 rings (SSSR count). The summed E-state index contributed by atoms with van der Waals surface area (Å²) in [5, 5.41) is 22.5. The number of non-ortho nitro benzene ring substituents is 1. The average Bonchev–Trinajstić information content (AvgIpc) is 2.43. The van der Waals surface area contributed by atoms with Crippen LogP contribution in [0.4, 0.5) is 5.69 Å². The first-order valence-corrected chi connectivity index (χ1v) is 5.98. The summed E-state index contributed by atoms with van der Waals surface area (Å²) in [6.07, 6.45) is 1.34. The summed E-state index contributed by atoms with van der Waals surface area (Å²) in [5.41, 5.74) is -0.555. The third-order valence-corrected chi connectivity index (χ3v) is 2.92. The van der Waals surface area contributed by atoms with E-state index < -0.39 is 10.5 Å². The second-order valence-corrected chi connectivity index (χ2v) is 4.40. The summed E-state index contributed by atoms with van der Waals surface area (Å²) in [5.74, 6) is 0.470. The van der Waals surface area contributed by atoms with Gasteiger partial charge < -0.3 is 10.1 Å². The van der Waals surface area contributed by atoms with Gasteiger partial charge in [0, 0.05) is 6.07 Å². The van der Waals surface area contributed by atoms with Crippen molar-refractivity contribution in [1.29, 1.82) is 5.26 Å². The predicted octanol–water partition coefficient (Wildman–Crippen LogP) is 2.26. The Balaban J connectivity index is 2.44. The van der Waals surface area contributed by atoms with Crippen molar-refractivity contribution in [2.45, 2.75) is 25.3 Å². The van der Waals surface area contributed by atoms with E-state index in [2.05, 4.69) is 11.4 Å². The van der Waals surface area contributed by atoms with Gasteiger partial charge in [0.15, 0.2) is 0 Å². The molecule has 0 fully saturated rings. The van der Waals surface area contributed by atoms with Crippen LogP contribution in [0.15, 0.2) is 24.3 Å². The standard InChI is InChI=1S/C13H17N3O3/c1-13(10-14,15-2)7-4-8-19-12-6-3-5-11(9-12)16(17)18/h3,5-6,9,15H,4,7-8H2,1-2H3. The molecule has 0 aromatic heterocycles. The first kappa shape index (κ1) is 14.9. The Morgan fingerprint density at radius 3 is 2.89 bits per heavy atom. The first-order chi connectivity index (χ1) is 9.00. The minimum Gasteiger partial charge on any atom is -0.493 e. The van der Waals surface area contributed by atoms with Crippen molar-refractivity contribution in [3.05, 3.63) is 34.4 Å². The molecule has 0 aliphatic rings. The Hall–Kier alpha value is -2.13. The lowest BCUT2D eigenvalue weighted by atomic mass is 9.98. The van der Waals surface area contributed by atoms with Gasteiger partial charge in [-0.15, -0.1) is 0 Å². The number of hydrogen-bond acceptors (Lipinski definition) is 5. The third kappa shape index (κ3) is 4.56. The van der Waals surface area contributed by atoms with Gasteiger partial charge in [-0.3, -0.25) is 10.1 Å². The summed E-state index contributed by atoms with van der Waals surface area (Å²) in [6.45, 7) is 2.24. The van der Waals surface area contributed by atoms with Crippen molar-refractivity contribution in [3.8, 4) is 11.8 Å². The highest BCUT2D eigenvalue weighted by Crippen LogP contribution is 2.19. The minimum atomic E-state index is -0.563. The van der Waals surface area contributed by atoms with E-state index in [0.29, 0.717) is 25.2 Å². The normalized spacial score (nSPS) is 13.3. The lowest BCUT2D eigenvalue weighted by Gasteiger charge is -2.20. The Morgan fingerprint density at radius 2 is 2.32 bits per heavy atom. The van der Waals surface area contributed by atoms with Crippen LogP contribution in [-0.2, 0) is 0 Å². The van der Waals surface area contributed by atoms with E-state index >= 15 is 0 Å². The Morgan fingerprint density at radius 1 is 1.58 bits per heavy atom. The third-order valence-electron chi connectivity index (χ3n) is 2.92. The summed E-state index contributed by atoms with van der Waals surface area (Å²) in [4.78, 5) is 10.1. The van der Waals surface area contributed by atoms with Crippen molar-refractivity contribution >= 4 is 5.69 Å². The van der Waals surface area contributed by atoms with E-state index in [0.717, 1.165) is 0 Å². The molecule has 6 nitrogen and oxygen atoms in total. The molecule has 0 amide bonds. The van der Waals surface area contributed by atoms with Crippen molar-refractivity contribution in [2.75, 3.05) is 13.7 Å². The van der Waals surface area contributed by atoms with Gasteiger partial charge in [-0.05, 0) is 32.9 Å². The van der Waals surface area contributed by atoms with Crippen LogP contribution in [0, 0.1) is 21.4 Å². The van der Waals surface area contributed by atoms with Gasteiger partial charge in [0.05, 0.1) is 23.7 Å². The van der Waals surface area contributed by atoms with Crippen LogP contribution in [0.3, 0.4) is 0 Å². The summed E-state index contributed by atoms with van der Waals surface area (Å²) >= 11 is 0. The van der Waals surface area contributed by atoms with Gasteiger partial charge in [0.1, 0.15) is 11.3 Å². The van der Waals surface area contributed by atoms with Gasteiger partial charge in [0.2, 0.25) is 0 Å². The van der Waals surface area contributed by atoms with E-state index in [1.807, 2.05) is 6.92 Å². The molecular formula is C13H17N3O3. The molecule has 0 heterocycles. The number of nitro groups is 1. The molecule has 1 N–H and O–H groups in total. The highest BCUT2D eigenvalue weighted by Gasteiger charge is 2.20. The molecule has 1 aromatic rings. The minimum absolute atomic E-state index is 0.00888. The molecule has 6 heteroatoms. The predicted molar refractivity (Wildman–Crippen MR) is 70.9 cm³/mol. The maximum absolute atomic E-state index is 10.6. The number of nitrogens with one attached hydrogen (secondary N) is 1. The molecule has 0 radical (unpaired) electrons. The molecule has 0 spiro atoms. The lowest BCUT2D eigenvalue weighted by Crippen LogP contribution is -2.38. The molecular weight excluding hydrogens is 246 g/mol. The topological polar surface area (TPSA) is 88.2 Å². The summed E-state index contributed by atoms with van der Waals surface area (Å²) in [6, 6.07) is 8.26.